The Morgan fingerprint density at radius 3 is 2.12 bits per heavy atom. The van der Waals surface area contributed by atoms with E-state index >= 15 is 0 Å². The average molecular weight is 665 g/mol. The highest BCUT2D eigenvalue weighted by molar-refractivity contribution is 9.10. The van der Waals surface area contributed by atoms with Crippen molar-refractivity contribution in [1.82, 2.24) is 10.2 Å². The SMILES string of the molecule is CCOc1ccc(N(CC(=O)N(Cc2ccc(Cl)cc2)C(C)C(=O)NCC(C)C)S(=O)(=O)c2ccc(Br)cc2)cc1. The minimum atomic E-state index is -4.16. The number of benzene rings is 3. The number of hydrogen-bond donors (Lipinski definition) is 1. The number of nitrogens with one attached hydrogen (secondary N) is 1. The molecule has 220 valence electrons. The van der Waals surface area contributed by atoms with Gasteiger partial charge in [-0.3, -0.25) is 13.9 Å². The van der Waals surface area contributed by atoms with Gasteiger partial charge >= 0.3 is 0 Å². The van der Waals surface area contributed by atoms with E-state index in [-0.39, 0.29) is 29.0 Å². The van der Waals surface area contributed by atoms with Crippen LogP contribution in [0.3, 0.4) is 0 Å². The number of anilines is 1. The lowest BCUT2D eigenvalue weighted by atomic mass is 10.1. The van der Waals surface area contributed by atoms with Crippen LogP contribution in [-0.4, -0.2) is 50.9 Å². The summed E-state index contributed by atoms with van der Waals surface area (Å²) in [4.78, 5) is 28.4. The maximum atomic E-state index is 14.0. The number of rotatable bonds is 13. The molecule has 0 spiro atoms. The predicted molar refractivity (Wildman–Crippen MR) is 166 cm³/mol. The van der Waals surface area contributed by atoms with E-state index in [0.717, 1.165) is 14.3 Å². The van der Waals surface area contributed by atoms with Gasteiger partial charge < -0.3 is 15.0 Å². The van der Waals surface area contributed by atoms with Crippen molar-refractivity contribution in [3.05, 3.63) is 87.9 Å². The van der Waals surface area contributed by atoms with Crippen LogP contribution in [-0.2, 0) is 26.2 Å². The van der Waals surface area contributed by atoms with E-state index in [4.69, 9.17) is 16.3 Å². The molecule has 0 fully saturated rings. The number of nitrogens with zero attached hydrogens (tertiary/aromatic N) is 2. The van der Waals surface area contributed by atoms with Crippen LogP contribution in [0.15, 0.2) is 82.2 Å². The second-order valence-corrected chi connectivity index (χ2v) is 13.1. The molecule has 1 unspecified atom stereocenters. The third kappa shape index (κ3) is 8.95. The summed E-state index contributed by atoms with van der Waals surface area (Å²) in [6.45, 7) is 7.89. The zero-order valence-electron chi connectivity index (χ0n) is 23.5. The van der Waals surface area contributed by atoms with Gasteiger partial charge in [0.15, 0.2) is 0 Å². The van der Waals surface area contributed by atoms with Gasteiger partial charge in [-0.15, -0.1) is 0 Å². The van der Waals surface area contributed by atoms with Gasteiger partial charge in [-0.1, -0.05) is 53.5 Å². The van der Waals surface area contributed by atoms with Crippen molar-refractivity contribution in [2.75, 3.05) is 24.0 Å². The maximum Gasteiger partial charge on any atom is 0.264 e. The van der Waals surface area contributed by atoms with Gasteiger partial charge in [-0.2, -0.15) is 0 Å². The molecule has 1 N–H and O–H groups in total. The summed E-state index contributed by atoms with van der Waals surface area (Å²) in [7, 11) is -4.16. The minimum absolute atomic E-state index is 0.0226. The van der Waals surface area contributed by atoms with Crippen LogP contribution in [0, 0.1) is 5.92 Å². The van der Waals surface area contributed by atoms with Gasteiger partial charge in [0.1, 0.15) is 18.3 Å². The normalized spacial score (nSPS) is 12.1. The van der Waals surface area contributed by atoms with Crippen molar-refractivity contribution in [1.29, 1.82) is 0 Å². The Bertz CT molecular complexity index is 1420. The van der Waals surface area contributed by atoms with E-state index in [1.807, 2.05) is 20.8 Å². The largest absolute Gasteiger partial charge is 0.494 e. The highest BCUT2D eigenvalue weighted by Gasteiger charge is 2.32. The lowest BCUT2D eigenvalue weighted by molar-refractivity contribution is -0.139. The van der Waals surface area contributed by atoms with Crippen LogP contribution < -0.4 is 14.4 Å². The van der Waals surface area contributed by atoms with Gasteiger partial charge in [-0.25, -0.2) is 8.42 Å². The number of carbonyl (C=O) groups excluding carboxylic acids is 2. The van der Waals surface area contributed by atoms with Gasteiger partial charge in [0.05, 0.1) is 17.2 Å². The molecular formula is C30H35BrClN3O5S. The summed E-state index contributed by atoms with van der Waals surface area (Å²) < 4.78 is 35.1. The summed E-state index contributed by atoms with van der Waals surface area (Å²) in [6.07, 6.45) is 0. The number of amides is 2. The molecular weight excluding hydrogens is 630 g/mol. The number of ether oxygens (including phenoxy) is 1. The molecule has 0 aliphatic carbocycles. The second-order valence-electron chi connectivity index (χ2n) is 9.86. The van der Waals surface area contributed by atoms with E-state index in [9.17, 15) is 18.0 Å². The minimum Gasteiger partial charge on any atom is -0.494 e. The van der Waals surface area contributed by atoms with Crippen LogP contribution in [0.1, 0.15) is 33.3 Å². The van der Waals surface area contributed by atoms with Gasteiger partial charge in [-0.05, 0) is 86.0 Å². The average Bonchev–Trinajstić information content (AvgIpc) is 2.94. The summed E-state index contributed by atoms with van der Waals surface area (Å²) in [6, 6.07) is 18.8. The Morgan fingerprint density at radius 1 is 0.951 bits per heavy atom. The fourth-order valence-corrected chi connectivity index (χ4v) is 5.76. The zero-order chi connectivity index (χ0) is 30.2. The van der Waals surface area contributed by atoms with E-state index in [1.54, 1.807) is 67.6 Å². The second kappa shape index (κ2) is 14.7. The lowest BCUT2D eigenvalue weighted by Crippen LogP contribution is -2.51. The Hall–Kier alpha value is -3.08. The first-order chi connectivity index (χ1) is 19.4. The van der Waals surface area contributed by atoms with Crippen LogP contribution in [0.4, 0.5) is 5.69 Å². The fourth-order valence-electron chi connectivity index (χ4n) is 3.96. The molecule has 0 saturated carbocycles. The van der Waals surface area contributed by atoms with Crippen molar-refractivity contribution in [3.63, 3.8) is 0 Å². The molecule has 0 heterocycles. The third-order valence-electron chi connectivity index (χ3n) is 6.23. The molecule has 2 amide bonds. The van der Waals surface area contributed by atoms with Crippen molar-refractivity contribution in [2.24, 2.45) is 5.92 Å². The van der Waals surface area contributed by atoms with Crippen molar-refractivity contribution in [2.45, 2.75) is 45.2 Å². The molecule has 0 aliphatic heterocycles. The first-order valence-electron chi connectivity index (χ1n) is 13.2. The van der Waals surface area contributed by atoms with Crippen LogP contribution in [0.25, 0.3) is 0 Å². The molecule has 3 rings (SSSR count). The topological polar surface area (TPSA) is 96.0 Å². The molecule has 0 saturated heterocycles. The molecule has 41 heavy (non-hydrogen) atoms. The molecule has 3 aromatic carbocycles. The molecule has 8 nitrogen and oxygen atoms in total. The highest BCUT2D eigenvalue weighted by atomic mass is 79.9. The maximum absolute atomic E-state index is 14.0. The fraction of sp³-hybridized carbons (Fsp3) is 0.333. The molecule has 11 heteroatoms. The molecule has 1 atom stereocenters. The first-order valence-corrected chi connectivity index (χ1v) is 15.9. The lowest BCUT2D eigenvalue weighted by Gasteiger charge is -2.32. The van der Waals surface area contributed by atoms with Crippen molar-refractivity contribution < 1.29 is 22.7 Å². The Labute approximate surface area is 255 Å². The summed E-state index contributed by atoms with van der Waals surface area (Å²) >= 11 is 9.38. The van der Waals surface area contributed by atoms with Crippen molar-refractivity contribution in [3.8, 4) is 5.75 Å². The zero-order valence-corrected chi connectivity index (χ0v) is 26.7. The van der Waals surface area contributed by atoms with Gasteiger partial charge in [0, 0.05) is 22.6 Å². The van der Waals surface area contributed by atoms with E-state index < -0.39 is 28.5 Å². The smallest absolute Gasteiger partial charge is 0.264 e. The molecule has 0 bridgehead atoms. The molecule has 0 radical (unpaired) electrons. The molecule has 0 aromatic heterocycles. The summed E-state index contributed by atoms with van der Waals surface area (Å²) in [5, 5.41) is 3.41. The van der Waals surface area contributed by atoms with E-state index in [2.05, 4.69) is 21.2 Å². The van der Waals surface area contributed by atoms with Crippen LogP contribution in [0.2, 0.25) is 5.02 Å². The molecule has 0 aliphatic rings. The quantitative estimate of drug-likeness (QED) is 0.246. The summed E-state index contributed by atoms with van der Waals surface area (Å²) in [5.74, 6) is -0.0766. The Morgan fingerprint density at radius 2 is 1.56 bits per heavy atom. The number of carbonyl (C=O) groups is 2. The monoisotopic (exact) mass is 663 g/mol. The van der Waals surface area contributed by atoms with Gasteiger partial charge in [0.25, 0.3) is 10.0 Å². The number of halogens is 2. The van der Waals surface area contributed by atoms with Crippen LogP contribution >= 0.6 is 27.5 Å². The standard InChI is InChI=1S/C30H35BrClN3O5S/c1-5-40-27-14-12-26(13-15-27)35(41(38,39)28-16-8-24(31)9-17-28)20-29(36)34(19-23-6-10-25(32)11-7-23)22(4)30(37)33-18-21(2)3/h6-17,21-22H,5,18-20H2,1-4H3,(H,33,37). The third-order valence-corrected chi connectivity index (χ3v) is 8.80. The number of sulfonamides is 1. The van der Waals surface area contributed by atoms with E-state index in [1.165, 1.54) is 17.0 Å². The predicted octanol–water partition coefficient (Wildman–Crippen LogP) is 5.89. The van der Waals surface area contributed by atoms with E-state index in [0.29, 0.717) is 23.9 Å². The van der Waals surface area contributed by atoms with Crippen molar-refractivity contribution >= 4 is 55.1 Å². The Balaban J connectivity index is 2.01. The van der Waals surface area contributed by atoms with Gasteiger partial charge in [0.2, 0.25) is 11.8 Å². The van der Waals surface area contributed by atoms with Crippen LogP contribution in [0.5, 0.6) is 5.75 Å². The first kappa shape index (κ1) is 32.4. The highest BCUT2D eigenvalue weighted by Crippen LogP contribution is 2.27. The Kier molecular flexibility index (Phi) is 11.6. The number of hydrogen-bond acceptors (Lipinski definition) is 5. The molecule has 3 aromatic rings. The summed E-state index contributed by atoms with van der Waals surface area (Å²) in [5.41, 5.74) is 1.03.